The van der Waals surface area contributed by atoms with Crippen LogP contribution < -0.4 is 9.54 Å². The maximum Gasteiger partial charge on any atom is 0.248 e. The first-order chi connectivity index (χ1) is 10.2. The number of carbonyl (C=O) groups excluding carboxylic acids is 1. The molecule has 1 aromatic carbocycles. The minimum Gasteiger partial charge on any atom is -0.492 e. The average Bonchev–Trinajstić information content (AvgIpc) is 2.83. The molecule has 0 bridgehead atoms. The summed E-state index contributed by atoms with van der Waals surface area (Å²) in [6.45, 7) is 7.50. The van der Waals surface area contributed by atoms with Gasteiger partial charge in [0.25, 0.3) is 0 Å². The van der Waals surface area contributed by atoms with E-state index in [0.717, 1.165) is 40.2 Å². The van der Waals surface area contributed by atoms with Gasteiger partial charge in [-0.25, -0.2) is 0 Å². The van der Waals surface area contributed by atoms with Crippen LogP contribution in [0.25, 0.3) is 10.2 Å². The van der Waals surface area contributed by atoms with Crippen LogP contribution in [0, 0.1) is 0 Å². The van der Waals surface area contributed by atoms with Crippen molar-refractivity contribution >= 4 is 27.5 Å². The summed E-state index contributed by atoms with van der Waals surface area (Å²) in [5.74, 6) is 0.819. The zero-order valence-corrected chi connectivity index (χ0v) is 13.7. The maximum absolute atomic E-state index is 11.9. The Hall–Kier alpha value is -1.62. The number of carbonyl (C=O) groups is 1. The van der Waals surface area contributed by atoms with Crippen LogP contribution in [-0.2, 0) is 11.3 Å². The Morgan fingerprint density at radius 1 is 1.33 bits per heavy atom. The highest BCUT2D eigenvalue weighted by Crippen LogP contribution is 2.27. The van der Waals surface area contributed by atoms with Gasteiger partial charge < -0.3 is 9.30 Å². The van der Waals surface area contributed by atoms with Crippen molar-refractivity contribution in [1.82, 2.24) is 4.57 Å². The normalized spacial score (nSPS) is 12.0. The number of aromatic nitrogens is 1. The molecule has 1 heterocycles. The molecule has 0 radical (unpaired) electrons. The molecule has 0 fully saturated rings. The van der Waals surface area contributed by atoms with Crippen molar-refractivity contribution in [3.8, 4) is 5.75 Å². The predicted octanol–water partition coefficient (Wildman–Crippen LogP) is 3.74. The van der Waals surface area contributed by atoms with Crippen molar-refractivity contribution in [3.05, 3.63) is 23.0 Å². The van der Waals surface area contributed by atoms with Gasteiger partial charge in [-0.2, -0.15) is 4.99 Å². The van der Waals surface area contributed by atoms with Crippen molar-refractivity contribution in [2.24, 2.45) is 4.99 Å². The smallest absolute Gasteiger partial charge is 0.248 e. The van der Waals surface area contributed by atoms with Crippen LogP contribution in [-0.4, -0.2) is 17.1 Å². The van der Waals surface area contributed by atoms with E-state index in [1.165, 1.54) is 0 Å². The van der Waals surface area contributed by atoms with Crippen LogP contribution in [0.4, 0.5) is 0 Å². The molecule has 4 nitrogen and oxygen atoms in total. The van der Waals surface area contributed by atoms with Gasteiger partial charge in [0.1, 0.15) is 11.3 Å². The van der Waals surface area contributed by atoms with Gasteiger partial charge in [-0.05, 0) is 32.4 Å². The van der Waals surface area contributed by atoms with Gasteiger partial charge in [-0.15, -0.1) is 0 Å². The van der Waals surface area contributed by atoms with Crippen LogP contribution in [0.3, 0.4) is 0 Å². The molecular weight excluding hydrogens is 284 g/mol. The summed E-state index contributed by atoms with van der Waals surface area (Å²) in [7, 11) is 0. The summed E-state index contributed by atoms with van der Waals surface area (Å²) in [5.41, 5.74) is 1.04. The number of hydrogen-bond acceptors (Lipinski definition) is 3. The number of aryl methyl sites for hydroxylation is 1. The van der Waals surface area contributed by atoms with E-state index >= 15 is 0 Å². The molecule has 1 aromatic heterocycles. The highest BCUT2D eigenvalue weighted by Gasteiger charge is 2.11. The Kier molecular flexibility index (Phi) is 5.56. The van der Waals surface area contributed by atoms with Crippen molar-refractivity contribution in [1.29, 1.82) is 0 Å². The van der Waals surface area contributed by atoms with Crippen molar-refractivity contribution in [2.45, 2.75) is 46.6 Å². The molecule has 21 heavy (non-hydrogen) atoms. The number of para-hydroxylation sites is 1. The second-order valence-corrected chi connectivity index (χ2v) is 5.78. The highest BCUT2D eigenvalue weighted by molar-refractivity contribution is 7.16. The van der Waals surface area contributed by atoms with E-state index in [1.54, 1.807) is 11.3 Å². The number of unbranched alkanes of at least 4 members (excludes halogenated alkanes) is 1. The molecule has 114 valence electrons. The first-order valence-corrected chi connectivity index (χ1v) is 8.35. The second-order valence-electron chi connectivity index (χ2n) is 4.77. The fraction of sp³-hybridized carbons (Fsp3) is 0.500. The summed E-state index contributed by atoms with van der Waals surface area (Å²) < 4.78 is 8.87. The largest absolute Gasteiger partial charge is 0.492 e. The van der Waals surface area contributed by atoms with Gasteiger partial charge in [0.15, 0.2) is 4.80 Å². The minimum absolute atomic E-state index is 0.0384. The van der Waals surface area contributed by atoms with Crippen LogP contribution in [0.2, 0.25) is 0 Å². The number of fused-ring (bicyclic) bond motifs is 1. The molecule has 5 heteroatoms. The SMILES string of the molecule is CCCCC(=O)N=c1sc2cccc(OCC)c2n1CC. The van der Waals surface area contributed by atoms with E-state index in [2.05, 4.69) is 23.4 Å². The Morgan fingerprint density at radius 2 is 2.14 bits per heavy atom. The molecule has 2 rings (SSSR count). The highest BCUT2D eigenvalue weighted by atomic mass is 32.1. The molecule has 0 saturated carbocycles. The molecule has 0 spiro atoms. The molecule has 2 aromatic rings. The van der Waals surface area contributed by atoms with Crippen LogP contribution in [0.5, 0.6) is 5.75 Å². The van der Waals surface area contributed by atoms with Gasteiger partial charge in [-0.3, -0.25) is 4.79 Å². The Morgan fingerprint density at radius 3 is 2.81 bits per heavy atom. The molecule has 0 aliphatic rings. The molecule has 0 saturated heterocycles. The van der Waals surface area contributed by atoms with Crippen LogP contribution in [0.15, 0.2) is 23.2 Å². The lowest BCUT2D eigenvalue weighted by Gasteiger charge is -2.07. The zero-order valence-electron chi connectivity index (χ0n) is 12.9. The Bertz CT molecular complexity index is 685. The number of rotatable bonds is 6. The minimum atomic E-state index is -0.0384. The fourth-order valence-corrected chi connectivity index (χ4v) is 3.37. The van der Waals surface area contributed by atoms with Gasteiger partial charge in [0, 0.05) is 13.0 Å². The van der Waals surface area contributed by atoms with Crippen molar-refractivity contribution < 1.29 is 9.53 Å². The number of nitrogens with zero attached hydrogens (tertiary/aromatic N) is 2. The standard InChI is InChI=1S/C16H22N2O2S/c1-4-7-11-14(19)17-16-18(5-2)15-12(20-6-3)9-8-10-13(15)21-16/h8-10H,4-7,11H2,1-3H3. The molecule has 0 unspecified atom stereocenters. The van der Waals surface area contributed by atoms with Gasteiger partial charge in [0.2, 0.25) is 5.91 Å². The van der Waals surface area contributed by atoms with Gasteiger partial charge >= 0.3 is 0 Å². The van der Waals surface area contributed by atoms with Crippen molar-refractivity contribution in [3.63, 3.8) is 0 Å². The topological polar surface area (TPSA) is 43.6 Å². The third-order valence-corrected chi connectivity index (χ3v) is 4.29. The predicted molar refractivity (Wildman–Crippen MR) is 86.8 cm³/mol. The number of amides is 1. The third-order valence-electron chi connectivity index (χ3n) is 3.24. The molecule has 0 aliphatic carbocycles. The lowest BCUT2D eigenvalue weighted by Crippen LogP contribution is -2.16. The number of thiazole rings is 1. The van der Waals surface area contributed by atoms with E-state index in [1.807, 2.05) is 25.1 Å². The number of hydrogen-bond donors (Lipinski definition) is 0. The summed E-state index contributed by atoms with van der Waals surface area (Å²) in [6.07, 6.45) is 2.42. The Labute approximate surface area is 129 Å². The summed E-state index contributed by atoms with van der Waals surface area (Å²) in [5, 5.41) is 0. The number of benzene rings is 1. The molecular formula is C16H22N2O2S. The molecule has 1 amide bonds. The molecule has 0 N–H and O–H groups in total. The average molecular weight is 306 g/mol. The lowest BCUT2D eigenvalue weighted by atomic mass is 10.2. The third kappa shape index (κ3) is 3.53. The van der Waals surface area contributed by atoms with E-state index in [4.69, 9.17) is 4.74 Å². The fourth-order valence-electron chi connectivity index (χ4n) is 2.24. The van der Waals surface area contributed by atoms with Crippen LogP contribution >= 0.6 is 11.3 Å². The number of ether oxygens (including phenoxy) is 1. The van der Waals surface area contributed by atoms with E-state index in [9.17, 15) is 4.79 Å². The second kappa shape index (κ2) is 7.41. The summed E-state index contributed by atoms with van der Waals surface area (Å²) >= 11 is 1.55. The first kappa shape index (κ1) is 15.8. The Balaban J connectivity index is 2.52. The first-order valence-electron chi connectivity index (χ1n) is 7.53. The summed E-state index contributed by atoms with van der Waals surface area (Å²) in [4.78, 5) is 17.0. The quantitative estimate of drug-likeness (QED) is 0.816. The monoisotopic (exact) mass is 306 g/mol. The van der Waals surface area contributed by atoms with Crippen LogP contribution in [0.1, 0.15) is 40.0 Å². The van der Waals surface area contributed by atoms with E-state index in [-0.39, 0.29) is 5.91 Å². The van der Waals surface area contributed by atoms with E-state index in [0.29, 0.717) is 13.0 Å². The molecule has 0 atom stereocenters. The maximum atomic E-state index is 11.9. The zero-order chi connectivity index (χ0) is 15.2. The van der Waals surface area contributed by atoms with E-state index < -0.39 is 0 Å². The van der Waals surface area contributed by atoms with Gasteiger partial charge in [-0.1, -0.05) is 30.7 Å². The van der Waals surface area contributed by atoms with Gasteiger partial charge in [0.05, 0.1) is 11.3 Å². The van der Waals surface area contributed by atoms with Crippen molar-refractivity contribution in [2.75, 3.05) is 6.61 Å². The summed E-state index contributed by atoms with van der Waals surface area (Å²) in [6, 6.07) is 5.99. The molecule has 0 aliphatic heterocycles. The lowest BCUT2D eigenvalue weighted by molar-refractivity contribution is -0.118.